The average molecular weight is 441 g/mol. The lowest BCUT2D eigenvalue weighted by atomic mass is 10.1. The summed E-state index contributed by atoms with van der Waals surface area (Å²) < 4.78 is 29.0. The fourth-order valence-corrected chi connectivity index (χ4v) is 4.56. The van der Waals surface area contributed by atoms with Crippen LogP contribution >= 0.6 is 0 Å². The fraction of sp³-hybridized carbons (Fsp3) is 0.409. The first-order valence-corrected chi connectivity index (χ1v) is 10.7. The molecule has 2 aliphatic rings. The van der Waals surface area contributed by atoms with Crippen molar-refractivity contribution in [1.29, 1.82) is 0 Å². The van der Waals surface area contributed by atoms with Gasteiger partial charge in [-0.05, 0) is 32.4 Å². The molecule has 0 unspecified atom stereocenters. The number of amides is 2. The number of carbonyl (C=O) groups is 1. The summed E-state index contributed by atoms with van der Waals surface area (Å²) in [5.41, 5.74) is 3.04. The first kappa shape index (κ1) is 20.6. The zero-order valence-electron chi connectivity index (χ0n) is 18.0. The molecular formula is C22H25F2N7O. The lowest BCUT2D eigenvalue weighted by molar-refractivity contribution is 0.152. The quantitative estimate of drug-likeness (QED) is 0.652. The molecule has 0 aliphatic carbocycles. The van der Waals surface area contributed by atoms with Gasteiger partial charge in [0.15, 0.2) is 0 Å². The summed E-state index contributed by atoms with van der Waals surface area (Å²) in [5, 5.41) is 6.11. The van der Waals surface area contributed by atoms with Crippen LogP contribution in [0.3, 0.4) is 0 Å². The SMILES string of the molecule is Cc1cn2cc(NC(=O)N3CCc4c(N5CCN[C@H](C)C5)ccnc43)c(C(F)F)cc2n1. The van der Waals surface area contributed by atoms with Gasteiger partial charge in [0.25, 0.3) is 6.43 Å². The van der Waals surface area contributed by atoms with Crippen LogP contribution in [-0.4, -0.2) is 52.6 Å². The van der Waals surface area contributed by atoms with Gasteiger partial charge in [-0.2, -0.15) is 0 Å². The molecular weight excluding hydrogens is 416 g/mol. The van der Waals surface area contributed by atoms with E-state index < -0.39 is 12.5 Å². The second-order valence-corrected chi connectivity index (χ2v) is 8.36. The van der Waals surface area contributed by atoms with E-state index in [1.165, 1.54) is 17.2 Å². The minimum Gasteiger partial charge on any atom is -0.368 e. The fourth-order valence-electron chi connectivity index (χ4n) is 4.56. The van der Waals surface area contributed by atoms with Gasteiger partial charge in [-0.3, -0.25) is 4.90 Å². The Balaban J connectivity index is 1.43. The van der Waals surface area contributed by atoms with Gasteiger partial charge in [-0.1, -0.05) is 0 Å². The van der Waals surface area contributed by atoms with E-state index in [-0.39, 0.29) is 11.3 Å². The number of aryl methyl sites for hydroxylation is 1. The smallest absolute Gasteiger partial charge is 0.327 e. The van der Waals surface area contributed by atoms with Crippen molar-refractivity contribution in [2.75, 3.05) is 41.3 Å². The number of urea groups is 1. The second-order valence-electron chi connectivity index (χ2n) is 8.36. The summed E-state index contributed by atoms with van der Waals surface area (Å²) in [5.74, 6) is 0.587. The topological polar surface area (TPSA) is 77.8 Å². The normalized spacial score (nSPS) is 18.5. The molecule has 0 spiro atoms. The highest BCUT2D eigenvalue weighted by Gasteiger charge is 2.31. The first-order valence-electron chi connectivity index (χ1n) is 10.7. The molecule has 5 heterocycles. The molecule has 0 bridgehead atoms. The summed E-state index contributed by atoms with van der Waals surface area (Å²) in [6, 6.07) is 3.21. The Morgan fingerprint density at radius 1 is 1.31 bits per heavy atom. The minimum atomic E-state index is -2.74. The number of aromatic nitrogens is 3. The Kier molecular flexibility index (Phi) is 5.16. The third kappa shape index (κ3) is 3.64. The van der Waals surface area contributed by atoms with E-state index in [1.807, 2.05) is 6.07 Å². The number of rotatable bonds is 3. The molecule has 1 fully saturated rings. The molecule has 0 radical (unpaired) electrons. The van der Waals surface area contributed by atoms with Crippen molar-refractivity contribution in [2.24, 2.45) is 0 Å². The number of pyridine rings is 2. The summed E-state index contributed by atoms with van der Waals surface area (Å²) in [4.78, 5) is 25.6. The molecule has 1 saturated heterocycles. The number of anilines is 3. The van der Waals surface area contributed by atoms with Crippen LogP contribution in [0, 0.1) is 6.92 Å². The van der Waals surface area contributed by atoms with Crippen molar-refractivity contribution in [1.82, 2.24) is 19.7 Å². The number of fused-ring (bicyclic) bond motifs is 2. The number of alkyl halides is 2. The molecule has 32 heavy (non-hydrogen) atoms. The van der Waals surface area contributed by atoms with Crippen LogP contribution in [0.25, 0.3) is 5.65 Å². The number of nitrogens with zero attached hydrogens (tertiary/aromatic N) is 5. The van der Waals surface area contributed by atoms with Crippen LogP contribution in [0.1, 0.15) is 30.2 Å². The summed E-state index contributed by atoms with van der Waals surface area (Å²) in [6.45, 7) is 7.04. The van der Waals surface area contributed by atoms with Gasteiger partial charge in [0, 0.05) is 67.6 Å². The average Bonchev–Trinajstić information content (AvgIpc) is 3.35. The molecule has 0 aromatic carbocycles. The zero-order valence-corrected chi connectivity index (χ0v) is 18.0. The summed E-state index contributed by atoms with van der Waals surface area (Å²) in [6.07, 6.45) is 2.85. The molecule has 2 aliphatic heterocycles. The van der Waals surface area contributed by atoms with Crippen LogP contribution in [-0.2, 0) is 6.42 Å². The van der Waals surface area contributed by atoms with Gasteiger partial charge in [0.1, 0.15) is 11.5 Å². The Labute approximate surface area is 184 Å². The largest absolute Gasteiger partial charge is 0.368 e. The maximum atomic E-state index is 13.7. The lowest BCUT2D eigenvalue weighted by Gasteiger charge is -2.34. The molecule has 10 heteroatoms. The van der Waals surface area contributed by atoms with Crippen LogP contribution < -0.4 is 20.4 Å². The Morgan fingerprint density at radius 2 is 2.16 bits per heavy atom. The van der Waals surface area contributed by atoms with E-state index >= 15 is 0 Å². The van der Waals surface area contributed by atoms with Gasteiger partial charge in [0.05, 0.1) is 11.4 Å². The molecule has 0 saturated carbocycles. The van der Waals surface area contributed by atoms with Crippen LogP contribution in [0.5, 0.6) is 0 Å². The van der Waals surface area contributed by atoms with Crippen molar-refractivity contribution in [3.05, 3.63) is 47.5 Å². The van der Waals surface area contributed by atoms with Gasteiger partial charge in [-0.25, -0.2) is 23.5 Å². The standard InChI is InChI=1S/C22H25F2N7O/c1-13-10-29(8-6-25-13)18-3-5-26-21-15(18)4-7-31(21)22(32)28-17-12-30-11-14(2)27-19(30)9-16(17)20(23)24/h3,5,9,11-13,20,25H,4,6-8,10H2,1-2H3,(H,28,32)/t13-/m1/s1. The molecule has 2 N–H and O–H groups in total. The van der Waals surface area contributed by atoms with Crippen LogP contribution in [0.4, 0.5) is 30.8 Å². The maximum absolute atomic E-state index is 13.7. The van der Waals surface area contributed by atoms with Crippen molar-refractivity contribution in [3.63, 3.8) is 0 Å². The highest BCUT2D eigenvalue weighted by atomic mass is 19.3. The van der Waals surface area contributed by atoms with E-state index in [0.717, 1.165) is 30.9 Å². The van der Waals surface area contributed by atoms with Gasteiger partial charge in [-0.15, -0.1) is 0 Å². The number of piperazine rings is 1. The predicted octanol–water partition coefficient (Wildman–Crippen LogP) is 3.37. The molecule has 5 rings (SSSR count). The molecule has 3 aromatic rings. The number of imidazole rings is 1. The summed E-state index contributed by atoms with van der Waals surface area (Å²) in [7, 11) is 0. The maximum Gasteiger partial charge on any atom is 0.327 e. The van der Waals surface area contributed by atoms with Gasteiger partial charge >= 0.3 is 6.03 Å². The molecule has 2 amide bonds. The van der Waals surface area contributed by atoms with Crippen LogP contribution in [0.2, 0.25) is 0 Å². The van der Waals surface area contributed by atoms with E-state index in [0.29, 0.717) is 36.2 Å². The van der Waals surface area contributed by atoms with Gasteiger partial charge < -0.3 is 19.9 Å². The van der Waals surface area contributed by atoms with Crippen molar-refractivity contribution >= 4 is 28.9 Å². The monoisotopic (exact) mass is 441 g/mol. The Morgan fingerprint density at radius 3 is 2.94 bits per heavy atom. The minimum absolute atomic E-state index is 0.0652. The zero-order chi connectivity index (χ0) is 22.4. The molecule has 3 aromatic heterocycles. The Hall–Kier alpha value is -3.27. The van der Waals surface area contributed by atoms with Crippen molar-refractivity contribution < 1.29 is 13.6 Å². The number of carbonyl (C=O) groups excluding carboxylic acids is 1. The van der Waals surface area contributed by atoms with Gasteiger partial charge in [0.2, 0.25) is 0 Å². The number of hydrogen-bond acceptors (Lipinski definition) is 5. The molecule has 1 atom stereocenters. The van der Waals surface area contributed by atoms with Crippen molar-refractivity contribution in [2.45, 2.75) is 32.7 Å². The highest BCUT2D eigenvalue weighted by molar-refractivity contribution is 6.03. The van der Waals surface area contributed by atoms with E-state index in [9.17, 15) is 13.6 Å². The van der Waals surface area contributed by atoms with Crippen LogP contribution in [0.15, 0.2) is 30.7 Å². The first-order chi connectivity index (χ1) is 15.4. The lowest BCUT2D eigenvalue weighted by Crippen LogP contribution is -2.49. The predicted molar refractivity (Wildman–Crippen MR) is 119 cm³/mol. The van der Waals surface area contributed by atoms with Crippen molar-refractivity contribution in [3.8, 4) is 0 Å². The van der Waals surface area contributed by atoms with E-state index in [4.69, 9.17) is 0 Å². The number of halogens is 2. The van der Waals surface area contributed by atoms with E-state index in [1.54, 1.807) is 23.7 Å². The number of hydrogen-bond donors (Lipinski definition) is 2. The number of nitrogens with one attached hydrogen (secondary N) is 2. The molecule has 168 valence electrons. The third-order valence-electron chi connectivity index (χ3n) is 6.03. The molecule has 8 nitrogen and oxygen atoms in total. The Bertz CT molecular complexity index is 1180. The highest BCUT2D eigenvalue weighted by Crippen LogP contribution is 2.35. The summed E-state index contributed by atoms with van der Waals surface area (Å²) >= 11 is 0. The van der Waals surface area contributed by atoms with E-state index in [2.05, 4.69) is 32.4 Å². The third-order valence-corrected chi connectivity index (χ3v) is 6.03. The second kappa shape index (κ2) is 8.01.